The molecule has 1 saturated heterocycles. The topological polar surface area (TPSA) is 57.3 Å². The summed E-state index contributed by atoms with van der Waals surface area (Å²) in [5.41, 5.74) is 1.36. The molecule has 3 atom stereocenters. The van der Waals surface area contributed by atoms with E-state index in [1.54, 1.807) is 24.3 Å². The van der Waals surface area contributed by atoms with Crippen molar-refractivity contribution in [2.45, 2.75) is 33.2 Å². The molecule has 0 unspecified atom stereocenters. The molecule has 112 valence electrons. The van der Waals surface area contributed by atoms with Crippen molar-refractivity contribution in [1.82, 2.24) is 0 Å². The molecule has 1 aromatic carbocycles. The summed E-state index contributed by atoms with van der Waals surface area (Å²) in [6.45, 7) is 8.65. The Hall–Kier alpha value is -1.86. The predicted molar refractivity (Wildman–Crippen MR) is 82.9 cm³/mol. The van der Waals surface area contributed by atoms with Crippen LogP contribution in [0.4, 0.5) is 5.69 Å². The van der Waals surface area contributed by atoms with Crippen LogP contribution in [0.2, 0.25) is 0 Å². The first-order valence-corrected chi connectivity index (χ1v) is 7.65. The Morgan fingerprint density at radius 3 is 2.38 bits per heavy atom. The second kappa shape index (κ2) is 6.73. The fourth-order valence-corrected chi connectivity index (χ4v) is 3.25. The van der Waals surface area contributed by atoms with Gasteiger partial charge in [0.25, 0.3) is 5.91 Å². The van der Waals surface area contributed by atoms with Crippen molar-refractivity contribution in [1.29, 1.82) is 5.26 Å². The van der Waals surface area contributed by atoms with Crippen LogP contribution in [0.1, 0.15) is 32.8 Å². The highest BCUT2D eigenvalue weighted by Gasteiger charge is 2.32. The fourth-order valence-electron chi connectivity index (χ4n) is 3.25. The van der Waals surface area contributed by atoms with Gasteiger partial charge in [0.2, 0.25) is 0 Å². The molecule has 2 N–H and O–H groups in total. The normalized spacial score (nSPS) is 26.7. The van der Waals surface area contributed by atoms with Gasteiger partial charge in [-0.2, -0.15) is 5.26 Å². The summed E-state index contributed by atoms with van der Waals surface area (Å²) in [4.78, 5) is 13.8. The van der Waals surface area contributed by atoms with E-state index in [1.165, 1.54) is 11.3 Å². The summed E-state index contributed by atoms with van der Waals surface area (Å²) in [5.74, 6) is 1.40. The lowest BCUT2D eigenvalue weighted by atomic mass is 9.91. The maximum atomic E-state index is 12.4. The number of rotatable bonds is 3. The van der Waals surface area contributed by atoms with Gasteiger partial charge >= 0.3 is 0 Å². The molecular weight excluding hydrogens is 262 g/mol. The van der Waals surface area contributed by atoms with E-state index >= 15 is 0 Å². The third kappa shape index (κ3) is 4.05. The first-order valence-electron chi connectivity index (χ1n) is 7.65. The molecule has 1 amide bonds. The third-order valence-corrected chi connectivity index (χ3v) is 4.31. The molecule has 0 spiro atoms. The van der Waals surface area contributed by atoms with Crippen LogP contribution < -0.4 is 10.2 Å². The van der Waals surface area contributed by atoms with Gasteiger partial charge in [-0.1, -0.05) is 13.8 Å². The number of quaternary nitrogens is 1. The van der Waals surface area contributed by atoms with E-state index in [-0.39, 0.29) is 11.9 Å². The number of hydrogen-bond acceptors (Lipinski definition) is 2. The quantitative estimate of drug-likeness (QED) is 0.883. The van der Waals surface area contributed by atoms with E-state index < -0.39 is 0 Å². The molecule has 1 fully saturated rings. The maximum absolute atomic E-state index is 12.4. The lowest BCUT2D eigenvalue weighted by Gasteiger charge is -2.35. The molecule has 4 nitrogen and oxygen atoms in total. The average molecular weight is 286 g/mol. The standard InChI is InChI=1S/C17H23N3O/c1-12-8-13(2)11-20(10-12)14(3)17(21)19-16-6-4-15(9-18)5-7-16/h4-7,12-14H,8,10-11H2,1-3H3,(H,19,21)/p+1/t12-,13-,14-/m0/s1. The number of hydrogen-bond donors (Lipinski definition) is 2. The summed E-state index contributed by atoms with van der Waals surface area (Å²) in [6.07, 6.45) is 1.26. The lowest BCUT2D eigenvalue weighted by molar-refractivity contribution is -0.925. The number of nitrogens with one attached hydrogen (secondary N) is 2. The first-order chi connectivity index (χ1) is 9.99. The highest BCUT2D eigenvalue weighted by atomic mass is 16.2. The third-order valence-electron chi connectivity index (χ3n) is 4.31. The fraction of sp³-hybridized carbons (Fsp3) is 0.529. The highest BCUT2D eigenvalue weighted by molar-refractivity contribution is 5.93. The van der Waals surface area contributed by atoms with Gasteiger partial charge in [0, 0.05) is 17.5 Å². The number of piperidine rings is 1. The van der Waals surface area contributed by atoms with E-state index in [0.717, 1.165) is 18.8 Å². The van der Waals surface area contributed by atoms with Gasteiger partial charge in [0.15, 0.2) is 6.04 Å². The van der Waals surface area contributed by atoms with Crippen LogP contribution in [-0.2, 0) is 4.79 Å². The van der Waals surface area contributed by atoms with E-state index in [1.807, 2.05) is 6.92 Å². The van der Waals surface area contributed by atoms with E-state index in [2.05, 4.69) is 25.2 Å². The number of carbonyl (C=O) groups excluding carboxylic acids is 1. The van der Waals surface area contributed by atoms with Crippen LogP contribution >= 0.6 is 0 Å². The van der Waals surface area contributed by atoms with Crippen molar-refractivity contribution < 1.29 is 9.69 Å². The van der Waals surface area contributed by atoms with Gasteiger partial charge in [0.05, 0.1) is 24.7 Å². The Morgan fingerprint density at radius 2 is 1.86 bits per heavy atom. The minimum atomic E-state index is -0.0501. The van der Waals surface area contributed by atoms with Crippen molar-refractivity contribution in [3.63, 3.8) is 0 Å². The molecule has 4 heteroatoms. The van der Waals surface area contributed by atoms with Crippen molar-refractivity contribution in [3.05, 3.63) is 29.8 Å². The Balaban J connectivity index is 1.97. The molecule has 1 heterocycles. The van der Waals surface area contributed by atoms with Crippen LogP contribution in [-0.4, -0.2) is 25.0 Å². The molecule has 2 rings (SSSR count). The second-order valence-electron chi connectivity index (χ2n) is 6.41. The SMILES string of the molecule is C[C@H]1C[C@H](C)C[NH+]([C@@H](C)C(=O)Nc2ccc(C#N)cc2)C1. The molecule has 1 aliphatic rings. The number of carbonyl (C=O) groups is 1. The number of nitriles is 1. The Kier molecular flexibility index (Phi) is 4.98. The summed E-state index contributed by atoms with van der Waals surface area (Å²) in [7, 11) is 0. The number of likely N-dealkylation sites (tertiary alicyclic amines) is 1. The molecular formula is C17H24N3O+. The summed E-state index contributed by atoms with van der Waals surface area (Å²) >= 11 is 0. The van der Waals surface area contributed by atoms with Crippen molar-refractivity contribution >= 4 is 11.6 Å². The van der Waals surface area contributed by atoms with Crippen LogP contribution in [0.25, 0.3) is 0 Å². The minimum Gasteiger partial charge on any atom is -0.324 e. The average Bonchev–Trinajstić information content (AvgIpc) is 2.46. The van der Waals surface area contributed by atoms with E-state index in [9.17, 15) is 4.79 Å². The number of benzene rings is 1. The second-order valence-corrected chi connectivity index (χ2v) is 6.41. The summed E-state index contributed by atoms with van der Waals surface area (Å²) < 4.78 is 0. The monoisotopic (exact) mass is 286 g/mol. The molecule has 0 saturated carbocycles. The molecule has 1 aliphatic heterocycles. The van der Waals surface area contributed by atoms with Crippen molar-refractivity contribution in [2.75, 3.05) is 18.4 Å². The van der Waals surface area contributed by atoms with Gasteiger partial charge in [-0.05, 0) is 37.6 Å². The van der Waals surface area contributed by atoms with Gasteiger partial charge < -0.3 is 10.2 Å². The predicted octanol–water partition coefficient (Wildman–Crippen LogP) is 1.45. The molecule has 0 aliphatic carbocycles. The molecule has 0 radical (unpaired) electrons. The van der Waals surface area contributed by atoms with Gasteiger partial charge in [0.1, 0.15) is 0 Å². The first kappa shape index (κ1) is 15.5. The zero-order chi connectivity index (χ0) is 15.4. The van der Waals surface area contributed by atoms with Gasteiger partial charge in [-0.25, -0.2) is 0 Å². The molecule has 0 bridgehead atoms. The summed E-state index contributed by atoms with van der Waals surface area (Å²) in [5, 5.41) is 11.7. The number of nitrogens with zero attached hydrogens (tertiary/aromatic N) is 1. The van der Waals surface area contributed by atoms with Crippen LogP contribution in [0, 0.1) is 23.2 Å². The Bertz CT molecular complexity index is 522. The van der Waals surface area contributed by atoms with E-state index in [4.69, 9.17) is 5.26 Å². The highest BCUT2D eigenvalue weighted by Crippen LogP contribution is 2.13. The van der Waals surface area contributed by atoms with Crippen molar-refractivity contribution in [2.24, 2.45) is 11.8 Å². The summed E-state index contributed by atoms with van der Waals surface area (Å²) in [6, 6.07) is 9.02. The molecule has 21 heavy (non-hydrogen) atoms. The zero-order valence-electron chi connectivity index (χ0n) is 13.0. The Labute approximate surface area is 126 Å². The van der Waals surface area contributed by atoms with Gasteiger partial charge in [-0.15, -0.1) is 0 Å². The Morgan fingerprint density at radius 1 is 1.29 bits per heavy atom. The zero-order valence-corrected chi connectivity index (χ0v) is 13.0. The van der Waals surface area contributed by atoms with Crippen LogP contribution in [0.3, 0.4) is 0 Å². The van der Waals surface area contributed by atoms with Gasteiger partial charge in [-0.3, -0.25) is 4.79 Å². The smallest absolute Gasteiger partial charge is 0.282 e. The lowest BCUT2D eigenvalue weighted by Crippen LogP contribution is -3.18. The van der Waals surface area contributed by atoms with E-state index in [0.29, 0.717) is 17.4 Å². The largest absolute Gasteiger partial charge is 0.324 e. The molecule has 0 aromatic heterocycles. The maximum Gasteiger partial charge on any atom is 0.282 e. The van der Waals surface area contributed by atoms with Crippen molar-refractivity contribution in [3.8, 4) is 6.07 Å². The molecule has 1 aromatic rings. The van der Waals surface area contributed by atoms with Crippen LogP contribution in [0.5, 0.6) is 0 Å². The number of anilines is 1. The minimum absolute atomic E-state index is 0.0501. The number of amides is 1. The van der Waals surface area contributed by atoms with Crippen LogP contribution in [0.15, 0.2) is 24.3 Å².